The molecule has 0 rings (SSSR count). The van der Waals surface area contributed by atoms with Gasteiger partial charge in [0.05, 0.1) is 0 Å². The number of allylic oxidation sites excluding steroid dienone is 20. The Hall–Kier alpha value is -4.19. The molecule has 0 heterocycles. The van der Waals surface area contributed by atoms with Crippen LogP contribution in [-0.2, 0) is 28.6 Å². The summed E-state index contributed by atoms with van der Waals surface area (Å²) >= 11 is 0. The number of esters is 3. The fourth-order valence-electron chi connectivity index (χ4n) is 7.05. The Morgan fingerprint density at radius 1 is 0.328 bits per heavy atom. The van der Waals surface area contributed by atoms with Crippen molar-refractivity contribution in [2.24, 2.45) is 0 Å². The largest absolute Gasteiger partial charge is 0.462 e. The SMILES string of the molecule is CC/C=C\C/C=C\C/C=C\C/C=C\C/C=C\CCC(=O)OC(COC(=O)CCCCCCC\C=C/C=C\C=C/C=C\C=C/CCC)COC(=O)CCCCCCCCCCCCCCCCC. The molecule has 0 aliphatic rings. The monoisotopic (exact) mass is 927 g/mol. The minimum Gasteiger partial charge on any atom is -0.462 e. The number of rotatable bonds is 47. The van der Waals surface area contributed by atoms with Crippen LogP contribution in [0.25, 0.3) is 0 Å². The number of hydrogen-bond donors (Lipinski definition) is 0. The van der Waals surface area contributed by atoms with Gasteiger partial charge in [0.2, 0.25) is 0 Å². The Kier molecular flexibility index (Phi) is 51.0. The molecule has 0 N–H and O–H groups in total. The molecular formula is C61H98O6. The lowest BCUT2D eigenvalue weighted by Crippen LogP contribution is -2.30. The minimum atomic E-state index is -0.830. The van der Waals surface area contributed by atoms with Gasteiger partial charge in [0.15, 0.2) is 6.10 Å². The molecule has 0 aliphatic carbocycles. The number of ether oxygens (including phenoxy) is 3. The van der Waals surface area contributed by atoms with E-state index >= 15 is 0 Å². The summed E-state index contributed by atoms with van der Waals surface area (Å²) in [6.45, 7) is 6.35. The molecule has 0 aromatic rings. The first-order valence-corrected chi connectivity index (χ1v) is 27.1. The fourth-order valence-corrected chi connectivity index (χ4v) is 7.05. The molecule has 0 saturated heterocycles. The summed E-state index contributed by atoms with van der Waals surface area (Å²) in [6.07, 6.45) is 74.7. The minimum absolute atomic E-state index is 0.118. The van der Waals surface area contributed by atoms with Crippen molar-refractivity contribution in [3.05, 3.63) is 122 Å². The summed E-state index contributed by atoms with van der Waals surface area (Å²) in [6, 6.07) is 0. The van der Waals surface area contributed by atoms with Gasteiger partial charge in [-0.05, 0) is 70.6 Å². The Morgan fingerprint density at radius 2 is 0.701 bits per heavy atom. The molecule has 6 nitrogen and oxygen atoms in total. The second-order valence-corrected chi connectivity index (χ2v) is 17.5. The maximum absolute atomic E-state index is 12.8. The highest BCUT2D eigenvalue weighted by Crippen LogP contribution is 2.15. The smallest absolute Gasteiger partial charge is 0.306 e. The molecule has 0 amide bonds. The molecule has 0 fully saturated rings. The van der Waals surface area contributed by atoms with E-state index in [2.05, 4.69) is 93.7 Å². The third kappa shape index (κ3) is 52.6. The van der Waals surface area contributed by atoms with Gasteiger partial charge in [-0.15, -0.1) is 0 Å². The van der Waals surface area contributed by atoms with Crippen LogP contribution in [0.2, 0.25) is 0 Å². The van der Waals surface area contributed by atoms with Gasteiger partial charge in [-0.25, -0.2) is 0 Å². The third-order valence-corrected chi connectivity index (χ3v) is 11.1. The Morgan fingerprint density at radius 3 is 1.13 bits per heavy atom. The van der Waals surface area contributed by atoms with Crippen LogP contribution in [0.3, 0.4) is 0 Å². The zero-order valence-electron chi connectivity index (χ0n) is 43.1. The second-order valence-electron chi connectivity index (χ2n) is 17.5. The van der Waals surface area contributed by atoms with E-state index in [0.29, 0.717) is 19.3 Å². The van der Waals surface area contributed by atoms with Crippen molar-refractivity contribution < 1.29 is 28.6 Å². The molecule has 1 atom stereocenters. The maximum Gasteiger partial charge on any atom is 0.306 e. The van der Waals surface area contributed by atoms with E-state index in [1.165, 1.54) is 83.5 Å². The first kappa shape index (κ1) is 62.8. The van der Waals surface area contributed by atoms with Crippen molar-refractivity contribution in [1.82, 2.24) is 0 Å². The van der Waals surface area contributed by atoms with Crippen molar-refractivity contribution in [2.75, 3.05) is 13.2 Å². The summed E-state index contributed by atoms with van der Waals surface area (Å²) in [7, 11) is 0. The van der Waals surface area contributed by atoms with E-state index in [-0.39, 0.29) is 31.6 Å². The molecule has 67 heavy (non-hydrogen) atoms. The van der Waals surface area contributed by atoms with Crippen molar-refractivity contribution >= 4 is 17.9 Å². The topological polar surface area (TPSA) is 78.9 Å². The maximum atomic E-state index is 12.8. The summed E-state index contributed by atoms with van der Waals surface area (Å²) in [4.78, 5) is 38.0. The zero-order valence-corrected chi connectivity index (χ0v) is 43.1. The van der Waals surface area contributed by atoms with Gasteiger partial charge >= 0.3 is 17.9 Å². The molecule has 0 aromatic carbocycles. The highest BCUT2D eigenvalue weighted by Gasteiger charge is 2.19. The second kappa shape index (κ2) is 54.4. The lowest BCUT2D eigenvalue weighted by Gasteiger charge is -2.18. The van der Waals surface area contributed by atoms with Gasteiger partial charge in [0, 0.05) is 19.3 Å². The Balaban J connectivity index is 4.56. The van der Waals surface area contributed by atoms with Crippen LogP contribution in [0.4, 0.5) is 0 Å². The highest BCUT2D eigenvalue weighted by atomic mass is 16.6. The van der Waals surface area contributed by atoms with Crippen LogP contribution in [0.15, 0.2) is 122 Å². The number of carbonyl (C=O) groups excluding carboxylic acids is 3. The number of unbranched alkanes of at least 4 members (excludes halogenated alkanes) is 20. The molecule has 6 heteroatoms. The van der Waals surface area contributed by atoms with Crippen LogP contribution < -0.4 is 0 Å². The summed E-state index contributed by atoms with van der Waals surface area (Å²) in [5.41, 5.74) is 0. The molecule has 0 spiro atoms. The lowest BCUT2D eigenvalue weighted by atomic mass is 10.0. The third-order valence-electron chi connectivity index (χ3n) is 11.1. The molecule has 0 saturated carbocycles. The van der Waals surface area contributed by atoms with Crippen LogP contribution >= 0.6 is 0 Å². The lowest BCUT2D eigenvalue weighted by molar-refractivity contribution is -0.166. The van der Waals surface area contributed by atoms with Gasteiger partial charge in [-0.1, -0.05) is 258 Å². The molecule has 378 valence electrons. The normalized spacial score (nSPS) is 13.1. The van der Waals surface area contributed by atoms with E-state index in [4.69, 9.17) is 14.2 Å². The van der Waals surface area contributed by atoms with Crippen LogP contribution in [0.1, 0.15) is 226 Å². The van der Waals surface area contributed by atoms with Crippen molar-refractivity contribution in [1.29, 1.82) is 0 Å². The van der Waals surface area contributed by atoms with Crippen LogP contribution in [0, 0.1) is 0 Å². The molecule has 0 aromatic heterocycles. The quantitative estimate of drug-likeness (QED) is 0.0199. The average molecular weight is 927 g/mol. The van der Waals surface area contributed by atoms with Crippen LogP contribution in [-0.4, -0.2) is 37.2 Å². The predicted molar refractivity (Wildman–Crippen MR) is 288 cm³/mol. The molecule has 0 radical (unpaired) electrons. The van der Waals surface area contributed by atoms with E-state index in [9.17, 15) is 14.4 Å². The molecule has 0 bridgehead atoms. The standard InChI is InChI=1S/C61H98O6/c1-4-7-10-13-16-19-22-25-28-30-31-34-36-39-42-45-48-51-54-60(63)66-57-58(56-65-59(62)53-50-47-44-41-38-35-32-27-24-21-18-15-12-9-6-3)67-61(64)55-52-49-46-43-40-37-33-29-26-23-20-17-14-11-8-5-2/h8,10-11,13,16-17,19-20,22,25-26,28-31,34,37,40,46,49,58H,4-7,9,12,14-15,18,21,23-24,27,32-33,35-36,38-39,41-45,47-48,50-57H2,1-3H3/b11-8-,13-10-,19-16-,20-17-,25-22-,29-26-,30-28-,34-31-,40-37-,49-46-. The van der Waals surface area contributed by atoms with Gasteiger partial charge in [0.25, 0.3) is 0 Å². The van der Waals surface area contributed by atoms with Gasteiger partial charge in [-0.3, -0.25) is 14.4 Å². The van der Waals surface area contributed by atoms with Crippen molar-refractivity contribution in [3.8, 4) is 0 Å². The van der Waals surface area contributed by atoms with Gasteiger partial charge < -0.3 is 14.2 Å². The zero-order chi connectivity index (χ0) is 48.6. The Bertz CT molecular complexity index is 1440. The van der Waals surface area contributed by atoms with Crippen LogP contribution in [0.5, 0.6) is 0 Å². The van der Waals surface area contributed by atoms with Crippen molar-refractivity contribution in [3.63, 3.8) is 0 Å². The summed E-state index contributed by atoms with van der Waals surface area (Å²) in [5, 5.41) is 0. The first-order valence-electron chi connectivity index (χ1n) is 27.1. The van der Waals surface area contributed by atoms with E-state index in [1.54, 1.807) is 0 Å². The molecular weight excluding hydrogens is 829 g/mol. The van der Waals surface area contributed by atoms with E-state index < -0.39 is 12.1 Å². The predicted octanol–water partition coefficient (Wildman–Crippen LogP) is 18.1. The molecule has 1 unspecified atom stereocenters. The Labute approximate surface area is 412 Å². The summed E-state index contributed by atoms with van der Waals surface area (Å²) < 4.78 is 16.7. The van der Waals surface area contributed by atoms with Gasteiger partial charge in [-0.2, -0.15) is 0 Å². The summed E-state index contributed by atoms with van der Waals surface area (Å²) in [5.74, 6) is -1.03. The fraction of sp³-hybridized carbons (Fsp3) is 0.623. The number of carbonyl (C=O) groups is 3. The molecule has 0 aliphatic heterocycles. The number of hydrogen-bond acceptors (Lipinski definition) is 6. The highest BCUT2D eigenvalue weighted by molar-refractivity contribution is 5.71. The van der Waals surface area contributed by atoms with E-state index in [0.717, 1.165) is 96.3 Å². The van der Waals surface area contributed by atoms with Crippen molar-refractivity contribution in [2.45, 2.75) is 232 Å². The van der Waals surface area contributed by atoms with Gasteiger partial charge in [0.1, 0.15) is 13.2 Å². The first-order chi connectivity index (χ1) is 33.0. The van der Waals surface area contributed by atoms with E-state index in [1.807, 2.05) is 48.6 Å². The average Bonchev–Trinajstić information content (AvgIpc) is 3.33.